The topological polar surface area (TPSA) is 101 Å². The molecule has 31 heavy (non-hydrogen) atoms. The van der Waals surface area contributed by atoms with Crippen LogP contribution in [0.3, 0.4) is 0 Å². The van der Waals surface area contributed by atoms with E-state index in [-0.39, 0.29) is 10.7 Å². The van der Waals surface area contributed by atoms with Crippen molar-refractivity contribution < 1.29 is 17.6 Å². The maximum atomic E-state index is 12.8. The van der Waals surface area contributed by atoms with Gasteiger partial charge in [-0.25, -0.2) is 0 Å². The van der Waals surface area contributed by atoms with Crippen molar-refractivity contribution in [1.29, 1.82) is 0 Å². The Hall–Kier alpha value is -3.10. The van der Waals surface area contributed by atoms with Gasteiger partial charge in [-0.3, -0.25) is 4.79 Å². The quantitative estimate of drug-likeness (QED) is 0.550. The van der Waals surface area contributed by atoms with Crippen LogP contribution in [0.25, 0.3) is 0 Å². The second-order valence-electron chi connectivity index (χ2n) is 7.14. The number of aryl methyl sites for hydroxylation is 1. The minimum absolute atomic E-state index is 0.126. The van der Waals surface area contributed by atoms with Gasteiger partial charge in [0.1, 0.15) is 5.76 Å². The third kappa shape index (κ3) is 4.50. The van der Waals surface area contributed by atoms with Gasteiger partial charge < -0.3 is 9.73 Å². The van der Waals surface area contributed by atoms with Crippen LogP contribution in [0.2, 0.25) is 5.02 Å². The summed E-state index contributed by atoms with van der Waals surface area (Å²) in [5.74, 6) is 0.390. The Morgan fingerprint density at radius 1 is 1.10 bits per heavy atom. The molecule has 0 unspecified atom stereocenters. The minimum Gasteiger partial charge on any atom is -0.455 e. The highest BCUT2D eigenvalue weighted by Gasteiger charge is 2.28. The van der Waals surface area contributed by atoms with E-state index in [2.05, 4.69) is 15.2 Å². The smallest absolute Gasteiger partial charge is 0.291 e. The van der Waals surface area contributed by atoms with Gasteiger partial charge in [0, 0.05) is 28.3 Å². The van der Waals surface area contributed by atoms with Crippen LogP contribution in [0.5, 0.6) is 0 Å². The average molecular weight is 458 g/mol. The fourth-order valence-corrected chi connectivity index (χ4v) is 4.56. The number of furan rings is 1. The lowest BCUT2D eigenvalue weighted by Crippen LogP contribution is -2.22. The molecule has 160 valence electrons. The first-order chi connectivity index (χ1) is 14.8. The zero-order valence-corrected chi connectivity index (χ0v) is 18.3. The second-order valence-corrected chi connectivity index (χ2v) is 9.24. The van der Waals surface area contributed by atoms with Crippen LogP contribution in [0.1, 0.15) is 40.3 Å². The van der Waals surface area contributed by atoms with Crippen LogP contribution >= 0.6 is 11.6 Å². The monoisotopic (exact) mass is 457 g/mol. The normalized spacial score (nSPS) is 14.8. The lowest BCUT2D eigenvalue weighted by atomic mass is 9.93. The molecule has 0 aliphatic heterocycles. The number of fused-ring (bicyclic) bond motifs is 1. The number of hydrogen-bond donors (Lipinski definition) is 2. The number of hydrazone groups is 1. The summed E-state index contributed by atoms with van der Waals surface area (Å²) in [6, 6.07) is 14.8. The number of carbonyl (C=O) groups excluding carboxylic acids is 1. The van der Waals surface area contributed by atoms with Crippen LogP contribution in [-0.4, -0.2) is 20.0 Å². The van der Waals surface area contributed by atoms with Gasteiger partial charge in [0.2, 0.25) is 0 Å². The van der Waals surface area contributed by atoms with Gasteiger partial charge in [-0.2, -0.15) is 18.4 Å². The zero-order chi connectivity index (χ0) is 22.0. The molecule has 0 bridgehead atoms. The molecule has 3 aromatic rings. The zero-order valence-electron chi connectivity index (χ0n) is 16.7. The van der Waals surface area contributed by atoms with Crippen molar-refractivity contribution in [2.45, 2.75) is 31.1 Å². The summed E-state index contributed by atoms with van der Waals surface area (Å²) < 4.78 is 30.8. The number of nitrogens with one attached hydrogen (secondary N) is 2. The molecule has 4 rings (SSSR count). The maximum absolute atomic E-state index is 12.8. The molecule has 0 spiro atoms. The summed E-state index contributed by atoms with van der Waals surface area (Å²) in [6.07, 6.45) is 1.95. The number of nitrogens with zero attached hydrogens (tertiary/aromatic N) is 1. The third-order valence-corrected chi connectivity index (χ3v) is 6.43. The number of carbonyl (C=O) groups is 1. The standard InChI is InChI=1S/C22H20ClN3O4S/c1-14-20-18(25-26-31(28,29)17-9-3-2-4-10-17)11-6-12-19(20)30-21(14)22(27)24-16-8-5-7-15(23)13-16/h2-5,7-10,13,26H,6,11-12H2,1H3,(H,24,27)/b25-18+. The fourth-order valence-electron chi connectivity index (χ4n) is 3.52. The number of benzene rings is 2. The molecule has 7 nitrogen and oxygen atoms in total. The SMILES string of the molecule is Cc1c(C(=O)Nc2cccc(Cl)c2)oc2c1/C(=N/NS(=O)(=O)c1ccccc1)CCC2. The first kappa shape index (κ1) is 21.1. The first-order valence-corrected chi connectivity index (χ1v) is 11.5. The Morgan fingerprint density at radius 3 is 2.61 bits per heavy atom. The summed E-state index contributed by atoms with van der Waals surface area (Å²) in [4.78, 5) is 15.2. The third-order valence-electron chi connectivity index (χ3n) is 4.97. The lowest BCUT2D eigenvalue weighted by molar-refractivity contribution is 0.0994. The highest BCUT2D eigenvalue weighted by molar-refractivity contribution is 7.89. The van der Waals surface area contributed by atoms with Crippen molar-refractivity contribution >= 4 is 38.9 Å². The number of amides is 1. The van der Waals surface area contributed by atoms with Crippen LogP contribution in [0, 0.1) is 6.92 Å². The number of anilines is 1. The first-order valence-electron chi connectivity index (χ1n) is 9.68. The van der Waals surface area contributed by atoms with Gasteiger partial charge in [0.05, 0.1) is 10.6 Å². The molecule has 1 aromatic heterocycles. The van der Waals surface area contributed by atoms with E-state index < -0.39 is 15.9 Å². The molecule has 0 saturated heterocycles. The number of hydrogen-bond acceptors (Lipinski definition) is 5. The largest absolute Gasteiger partial charge is 0.455 e. The number of rotatable bonds is 5. The predicted molar refractivity (Wildman–Crippen MR) is 119 cm³/mol. The molecule has 2 N–H and O–H groups in total. The molecule has 0 radical (unpaired) electrons. The number of halogens is 1. The van der Waals surface area contributed by atoms with E-state index in [0.29, 0.717) is 46.2 Å². The van der Waals surface area contributed by atoms with Gasteiger partial charge in [0.15, 0.2) is 5.76 Å². The Kier molecular flexibility index (Phi) is 5.84. The molecule has 0 atom stereocenters. The Bertz CT molecular complexity index is 1270. The van der Waals surface area contributed by atoms with Crippen LogP contribution in [-0.2, 0) is 16.4 Å². The molecule has 1 aliphatic carbocycles. The van der Waals surface area contributed by atoms with E-state index in [1.165, 1.54) is 12.1 Å². The van der Waals surface area contributed by atoms with Crippen molar-refractivity contribution in [3.05, 3.63) is 82.3 Å². The van der Waals surface area contributed by atoms with Crippen molar-refractivity contribution in [2.24, 2.45) is 5.10 Å². The highest BCUT2D eigenvalue weighted by Crippen LogP contribution is 2.30. The van der Waals surface area contributed by atoms with Crippen molar-refractivity contribution in [2.75, 3.05) is 5.32 Å². The van der Waals surface area contributed by atoms with E-state index in [9.17, 15) is 13.2 Å². The predicted octanol–water partition coefficient (Wildman–Crippen LogP) is 4.51. The van der Waals surface area contributed by atoms with E-state index in [1.54, 1.807) is 49.4 Å². The Labute approximate surface area is 185 Å². The van der Waals surface area contributed by atoms with E-state index >= 15 is 0 Å². The van der Waals surface area contributed by atoms with E-state index in [0.717, 1.165) is 6.42 Å². The van der Waals surface area contributed by atoms with Crippen LogP contribution in [0.4, 0.5) is 5.69 Å². The van der Waals surface area contributed by atoms with Gasteiger partial charge >= 0.3 is 0 Å². The minimum atomic E-state index is -3.79. The van der Waals surface area contributed by atoms with Crippen LogP contribution < -0.4 is 10.1 Å². The van der Waals surface area contributed by atoms with Crippen molar-refractivity contribution in [3.63, 3.8) is 0 Å². The lowest BCUT2D eigenvalue weighted by Gasteiger charge is -2.14. The van der Waals surface area contributed by atoms with Crippen molar-refractivity contribution in [1.82, 2.24) is 4.83 Å². The maximum Gasteiger partial charge on any atom is 0.291 e. The molecule has 0 saturated carbocycles. The molecule has 1 aliphatic rings. The van der Waals surface area contributed by atoms with Crippen LogP contribution in [0.15, 0.2) is 69.0 Å². The van der Waals surface area contributed by atoms with Crippen molar-refractivity contribution in [3.8, 4) is 0 Å². The average Bonchev–Trinajstić information content (AvgIpc) is 3.10. The molecular formula is C22H20ClN3O4S. The summed E-state index contributed by atoms with van der Waals surface area (Å²) in [6.45, 7) is 1.77. The highest BCUT2D eigenvalue weighted by atomic mass is 35.5. The molecule has 1 amide bonds. The molecule has 9 heteroatoms. The molecule has 1 heterocycles. The summed E-state index contributed by atoms with van der Waals surface area (Å²) in [5.41, 5.74) is 2.39. The van der Waals surface area contributed by atoms with E-state index in [4.69, 9.17) is 16.0 Å². The second kappa shape index (κ2) is 8.56. The summed E-state index contributed by atoms with van der Waals surface area (Å²) in [5, 5.41) is 7.45. The fraction of sp³-hybridized carbons (Fsp3) is 0.182. The Balaban J connectivity index is 1.61. The molecular weight excluding hydrogens is 438 g/mol. The summed E-state index contributed by atoms with van der Waals surface area (Å²) in [7, 11) is -3.79. The number of sulfonamides is 1. The van der Waals surface area contributed by atoms with Gasteiger partial charge in [-0.1, -0.05) is 35.9 Å². The van der Waals surface area contributed by atoms with Gasteiger partial charge in [-0.05, 0) is 50.1 Å². The summed E-state index contributed by atoms with van der Waals surface area (Å²) >= 11 is 5.98. The van der Waals surface area contributed by atoms with Gasteiger partial charge in [0.25, 0.3) is 15.9 Å². The molecule has 0 fully saturated rings. The van der Waals surface area contributed by atoms with E-state index in [1.807, 2.05) is 0 Å². The molecule has 2 aromatic carbocycles. The Morgan fingerprint density at radius 2 is 1.87 bits per heavy atom. The van der Waals surface area contributed by atoms with Gasteiger partial charge in [-0.15, -0.1) is 0 Å².